The van der Waals surface area contributed by atoms with Gasteiger partial charge in [0, 0.05) is 0 Å². The standard InChI is InChI=1S/C19H13.2ClH.Ti/c1-2-7-14(8-3-1)17-12-6-10-16-13-15-9-4-5-11-18(15)19(16)17;;;/h1-9,11-12H,13H2;2*1H;/q;;;+2/p-2. The van der Waals surface area contributed by atoms with E-state index in [-0.39, 0.29) is 24.8 Å². The molecular formula is C19H13Cl2Ti. The zero-order valence-corrected chi connectivity index (χ0v) is 14.9. The molecule has 1 aliphatic rings. The molecule has 0 unspecified atom stereocenters. The molecule has 0 saturated carbocycles. The molecule has 0 atom stereocenters. The molecule has 0 nitrogen and oxygen atoms in total. The minimum atomic E-state index is 0. The first kappa shape index (κ1) is 17.3. The van der Waals surface area contributed by atoms with Crippen LogP contribution < -0.4 is 28.7 Å². The van der Waals surface area contributed by atoms with Gasteiger partial charge in [0.2, 0.25) is 0 Å². The Labute approximate surface area is 155 Å². The summed E-state index contributed by atoms with van der Waals surface area (Å²) in [6.07, 6.45) is 1.07. The van der Waals surface area contributed by atoms with Gasteiger partial charge in [-0.25, -0.2) is 0 Å². The number of hydrogen-bond acceptors (Lipinski definition) is 0. The van der Waals surface area contributed by atoms with E-state index in [9.17, 15) is 0 Å². The van der Waals surface area contributed by atoms with E-state index in [4.69, 9.17) is 0 Å². The van der Waals surface area contributed by atoms with E-state index in [0.29, 0.717) is 0 Å². The number of benzene rings is 3. The molecule has 3 aromatic rings. The van der Waals surface area contributed by atoms with E-state index in [0.717, 1.165) is 6.42 Å². The predicted octanol–water partition coefficient (Wildman–Crippen LogP) is -1.90. The van der Waals surface area contributed by atoms with E-state index in [1.165, 1.54) is 37.2 Å². The van der Waals surface area contributed by atoms with Gasteiger partial charge in [0.25, 0.3) is 0 Å². The molecule has 3 heteroatoms. The third-order valence-corrected chi connectivity index (χ3v) is 4.78. The first-order valence-electron chi connectivity index (χ1n) is 6.86. The van der Waals surface area contributed by atoms with Crippen LogP contribution in [0.15, 0.2) is 66.7 Å². The van der Waals surface area contributed by atoms with E-state index < -0.39 is 0 Å². The average molecular weight is 360 g/mol. The zero-order chi connectivity index (χ0) is 13.5. The van der Waals surface area contributed by atoms with Gasteiger partial charge in [-0.1, -0.05) is 0 Å². The van der Waals surface area contributed by atoms with Gasteiger partial charge in [-0.05, 0) is 0 Å². The van der Waals surface area contributed by atoms with Crippen molar-refractivity contribution in [1.82, 2.24) is 0 Å². The molecule has 0 saturated heterocycles. The first-order valence-corrected chi connectivity index (χ1v) is 7.64. The molecular weight excluding hydrogens is 347 g/mol. The van der Waals surface area contributed by atoms with Crippen molar-refractivity contribution < 1.29 is 45.2 Å². The van der Waals surface area contributed by atoms with Gasteiger partial charge < -0.3 is 24.8 Å². The minimum absolute atomic E-state index is 0. The Bertz CT molecular complexity index is 798. The third-order valence-electron chi connectivity index (χ3n) is 4.05. The molecule has 0 aromatic heterocycles. The van der Waals surface area contributed by atoms with E-state index in [1.807, 2.05) is 0 Å². The molecule has 0 radical (unpaired) electrons. The number of fused-ring (bicyclic) bond motifs is 3. The molecule has 0 bridgehead atoms. The maximum absolute atomic E-state index is 2.27. The van der Waals surface area contributed by atoms with Gasteiger partial charge in [0.1, 0.15) is 0 Å². The Hall–Kier alpha value is -1.05. The van der Waals surface area contributed by atoms with Crippen molar-refractivity contribution in [2.45, 2.75) is 6.42 Å². The summed E-state index contributed by atoms with van der Waals surface area (Å²) in [4.78, 5) is 0. The van der Waals surface area contributed by atoms with Gasteiger partial charge in [-0.2, -0.15) is 0 Å². The van der Waals surface area contributed by atoms with E-state index in [2.05, 4.69) is 87.2 Å². The second-order valence-corrected chi connectivity index (χ2v) is 6.06. The quantitative estimate of drug-likeness (QED) is 0.348. The van der Waals surface area contributed by atoms with Crippen LogP contribution in [0.5, 0.6) is 0 Å². The summed E-state index contributed by atoms with van der Waals surface area (Å²) in [5.74, 6) is 0. The predicted molar refractivity (Wildman–Crippen MR) is 79.8 cm³/mol. The van der Waals surface area contributed by atoms with Crippen molar-refractivity contribution >= 4 is 3.87 Å². The summed E-state index contributed by atoms with van der Waals surface area (Å²) >= 11 is 2.22. The first-order chi connectivity index (χ1) is 9.84. The van der Waals surface area contributed by atoms with Gasteiger partial charge in [0.05, 0.1) is 0 Å². The molecule has 1 aliphatic carbocycles. The van der Waals surface area contributed by atoms with Crippen LogP contribution in [0.4, 0.5) is 0 Å². The molecule has 0 fully saturated rings. The summed E-state index contributed by atoms with van der Waals surface area (Å²) in [6.45, 7) is 0. The van der Waals surface area contributed by atoms with Gasteiger partial charge >= 0.3 is 131 Å². The van der Waals surface area contributed by atoms with Gasteiger partial charge in [-0.15, -0.1) is 0 Å². The molecule has 0 N–H and O–H groups in total. The molecule has 22 heavy (non-hydrogen) atoms. The topological polar surface area (TPSA) is 0 Å². The number of halogens is 2. The summed E-state index contributed by atoms with van der Waals surface area (Å²) in [5.41, 5.74) is 8.45. The van der Waals surface area contributed by atoms with Crippen LogP contribution in [0.3, 0.4) is 0 Å². The fraction of sp³-hybridized carbons (Fsp3) is 0.0526. The molecule has 107 valence electrons. The second-order valence-electron chi connectivity index (χ2n) is 5.21. The molecule has 0 aliphatic heterocycles. The van der Waals surface area contributed by atoms with Crippen molar-refractivity contribution in [1.29, 1.82) is 0 Å². The summed E-state index contributed by atoms with van der Waals surface area (Å²) < 4.78 is 1.40. The van der Waals surface area contributed by atoms with Crippen molar-refractivity contribution in [3.05, 3.63) is 77.9 Å². The Morgan fingerprint density at radius 2 is 1.36 bits per heavy atom. The summed E-state index contributed by atoms with van der Waals surface area (Å²) in [6, 6.07) is 24.0. The van der Waals surface area contributed by atoms with Crippen LogP contribution in [-0.4, -0.2) is 0 Å². The fourth-order valence-corrected chi connectivity index (χ4v) is 3.57. The van der Waals surface area contributed by atoms with Gasteiger partial charge in [0.15, 0.2) is 0 Å². The Balaban J connectivity index is 0.000000882. The van der Waals surface area contributed by atoms with Crippen molar-refractivity contribution in [3.63, 3.8) is 0 Å². The molecule has 0 amide bonds. The second kappa shape index (κ2) is 7.02. The number of hydrogen-bond donors (Lipinski definition) is 0. The van der Waals surface area contributed by atoms with Crippen LogP contribution in [0.25, 0.3) is 22.3 Å². The van der Waals surface area contributed by atoms with Crippen LogP contribution in [-0.2, 0) is 26.9 Å². The average Bonchev–Trinajstić information content (AvgIpc) is 2.89. The van der Waals surface area contributed by atoms with E-state index >= 15 is 0 Å². The third kappa shape index (κ3) is 2.77. The summed E-state index contributed by atoms with van der Waals surface area (Å²) in [5, 5.41) is 0. The van der Waals surface area contributed by atoms with Crippen molar-refractivity contribution in [2.75, 3.05) is 0 Å². The molecule has 3 aromatic carbocycles. The molecule has 0 spiro atoms. The Morgan fingerprint density at radius 3 is 2.14 bits per heavy atom. The van der Waals surface area contributed by atoms with Crippen LogP contribution in [0.1, 0.15) is 11.1 Å². The Kier molecular flexibility index (Phi) is 5.52. The molecule has 4 rings (SSSR count). The zero-order valence-electron chi connectivity index (χ0n) is 11.8. The SMILES string of the molecule is [Cl-].[Cl-].[Ti+2][c]1ccc(-c2ccccc2)c2c1Cc1ccccc1-2. The van der Waals surface area contributed by atoms with Crippen molar-refractivity contribution in [2.24, 2.45) is 0 Å². The van der Waals surface area contributed by atoms with Crippen molar-refractivity contribution in [3.8, 4) is 22.3 Å². The van der Waals surface area contributed by atoms with Crippen LogP contribution in [0.2, 0.25) is 0 Å². The monoisotopic (exact) mass is 359 g/mol. The molecule has 0 heterocycles. The normalized spacial score (nSPS) is 11.0. The maximum atomic E-state index is 2.27. The van der Waals surface area contributed by atoms with Gasteiger partial charge in [-0.3, -0.25) is 0 Å². The fourth-order valence-electron chi connectivity index (χ4n) is 3.11. The van der Waals surface area contributed by atoms with Crippen LogP contribution in [0, 0.1) is 0 Å². The Morgan fingerprint density at radius 1 is 0.682 bits per heavy atom. The summed E-state index contributed by atoms with van der Waals surface area (Å²) in [7, 11) is 0. The van der Waals surface area contributed by atoms with Crippen LogP contribution >= 0.6 is 0 Å². The number of rotatable bonds is 1. The van der Waals surface area contributed by atoms with E-state index in [1.54, 1.807) is 0 Å².